The summed E-state index contributed by atoms with van der Waals surface area (Å²) in [5.41, 5.74) is 2.44. The molecule has 0 aliphatic rings. The summed E-state index contributed by atoms with van der Waals surface area (Å²) in [5, 5.41) is 10.4. The molecule has 1 nitrogen and oxygen atoms in total. The summed E-state index contributed by atoms with van der Waals surface area (Å²) < 4.78 is 0. The Labute approximate surface area is 89.9 Å². The molecule has 0 radical (unpaired) electrons. The molecule has 0 saturated carbocycles. The highest BCUT2D eigenvalue weighted by Crippen LogP contribution is 2.25. The predicted octanol–water partition coefficient (Wildman–Crippen LogP) is 2.91. The van der Waals surface area contributed by atoms with E-state index in [0.717, 1.165) is 0 Å². The van der Waals surface area contributed by atoms with Gasteiger partial charge in [-0.2, -0.15) is 0 Å². The Bertz CT molecular complexity index is 229. The first-order chi connectivity index (χ1) is 6.09. The van der Waals surface area contributed by atoms with Crippen molar-refractivity contribution in [2.75, 3.05) is 0 Å². The fourth-order valence-electron chi connectivity index (χ4n) is 1.24. The van der Waals surface area contributed by atoms with E-state index in [2.05, 4.69) is 31.1 Å². The van der Waals surface area contributed by atoms with Crippen LogP contribution in [0.25, 0.3) is 0 Å². The van der Waals surface area contributed by atoms with Gasteiger partial charge in [-0.15, -0.1) is 5.54 Å². The number of hydrogen-bond acceptors (Lipinski definition) is 1. The second-order valence-electron chi connectivity index (χ2n) is 5.63. The Morgan fingerprint density at radius 1 is 1.00 bits per heavy atom. The van der Waals surface area contributed by atoms with Gasteiger partial charge >= 0.3 is 0 Å². The van der Waals surface area contributed by atoms with Crippen molar-refractivity contribution in [1.29, 1.82) is 0 Å². The van der Waals surface area contributed by atoms with E-state index in [9.17, 15) is 5.11 Å². The molecule has 0 aromatic rings. The molecule has 82 valence electrons. The largest absolute Gasteiger partial charge is 0.377 e. The molecular formula is C12H24OSi. The Balaban J connectivity index is 4.95. The minimum atomic E-state index is -1.38. The molecule has 0 spiro atoms. The van der Waals surface area contributed by atoms with E-state index in [1.165, 1.54) is 0 Å². The van der Waals surface area contributed by atoms with E-state index in [4.69, 9.17) is 0 Å². The van der Waals surface area contributed by atoms with Gasteiger partial charge in [0.2, 0.25) is 0 Å². The zero-order valence-corrected chi connectivity index (χ0v) is 11.6. The highest BCUT2D eigenvalue weighted by molar-refractivity contribution is 6.83. The number of rotatable bonds is 2. The van der Waals surface area contributed by atoms with Crippen molar-refractivity contribution < 1.29 is 5.11 Å². The quantitative estimate of drug-likeness (QED) is 0.551. The Kier molecular flexibility index (Phi) is 4.42. The van der Waals surface area contributed by atoms with Gasteiger partial charge in [0.1, 0.15) is 13.7 Å². The summed E-state index contributed by atoms with van der Waals surface area (Å²) in [4.78, 5) is 0. The molecule has 0 aromatic carbocycles. The minimum absolute atomic E-state index is 0.186. The molecule has 14 heavy (non-hydrogen) atoms. The monoisotopic (exact) mass is 212 g/mol. The molecule has 0 heterocycles. The maximum atomic E-state index is 10.4. The van der Waals surface area contributed by atoms with E-state index >= 15 is 0 Å². The van der Waals surface area contributed by atoms with Gasteiger partial charge in [0.05, 0.1) is 0 Å². The third-order valence-electron chi connectivity index (χ3n) is 2.40. The molecule has 0 bridgehead atoms. The van der Waals surface area contributed by atoms with Crippen molar-refractivity contribution in [2.45, 2.75) is 52.9 Å². The van der Waals surface area contributed by atoms with Crippen molar-refractivity contribution in [3.05, 3.63) is 0 Å². The molecule has 0 aliphatic heterocycles. The zero-order valence-electron chi connectivity index (χ0n) is 10.6. The van der Waals surface area contributed by atoms with Gasteiger partial charge in [0.25, 0.3) is 0 Å². The van der Waals surface area contributed by atoms with Crippen LogP contribution in [0.5, 0.6) is 0 Å². The van der Waals surface area contributed by atoms with E-state index in [1.54, 1.807) is 0 Å². The van der Waals surface area contributed by atoms with E-state index in [0.29, 0.717) is 0 Å². The van der Waals surface area contributed by atoms with E-state index in [-0.39, 0.29) is 11.8 Å². The van der Waals surface area contributed by atoms with Crippen LogP contribution in [-0.2, 0) is 0 Å². The van der Waals surface area contributed by atoms with E-state index < -0.39 is 13.7 Å². The van der Waals surface area contributed by atoms with Crippen molar-refractivity contribution in [3.8, 4) is 11.5 Å². The van der Waals surface area contributed by atoms with Crippen LogP contribution in [0.15, 0.2) is 0 Å². The summed E-state index contributed by atoms with van der Waals surface area (Å²) in [6.07, 6.45) is 0. The molecule has 0 amide bonds. The third kappa shape index (κ3) is 3.85. The maximum Gasteiger partial charge on any atom is 0.129 e. The van der Waals surface area contributed by atoms with Crippen LogP contribution in [0.4, 0.5) is 0 Å². The highest BCUT2D eigenvalue weighted by Gasteiger charge is 2.32. The van der Waals surface area contributed by atoms with Gasteiger partial charge in [0.15, 0.2) is 0 Å². The van der Waals surface area contributed by atoms with Crippen molar-refractivity contribution in [1.82, 2.24) is 0 Å². The van der Waals surface area contributed by atoms with Gasteiger partial charge < -0.3 is 5.11 Å². The van der Waals surface area contributed by atoms with Gasteiger partial charge in [-0.1, -0.05) is 53.3 Å². The second kappa shape index (κ2) is 4.50. The molecular weight excluding hydrogens is 188 g/mol. The van der Waals surface area contributed by atoms with E-state index in [1.807, 2.05) is 27.7 Å². The predicted molar refractivity (Wildman–Crippen MR) is 65.7 cm³/mol. The first-order valence-electron chi connectivity index (χ1n) is 5.36. The van der Waals surface area contributed by atoms with Gasteiger partial charge in [0, 0.05) is 0 Å². The van der Waals surface area contributed by atoms with Crippen molar-refractivity contribution >= 4 is 8.07 Å². The van der Waals surface area contributed by atoms with Crippen LogP contribution < -0.4 is 0 Å². The molecule has 0 atom stereocenters. The topological polar surface area (TPSA) is 20.2 Å². The molecule has 0 aliphatic carbocycles. The lowest BCUT2D eigenvalue weighted by atomic mass is 9.81. The number of aliphatic hydroxyl groups is 1. The third-order valence-corrected chi connectivity index (χ3v) is 3.27. The normalized spacial score (nSPS) is 13.0. The summed E-state index contributed by atoms with van der Waals surface area (Å²) in [6.45, 7) is 14.7. The van der Waals surface area contributed by atoms with Crippen LogP contribution in [0.2, 0.25) is 19.6 Å². The molecule has 0 fully saturated rings. The Hall–Kier alpha value is -0.263. The molecule has 0 rings (SSSR count). The van der Waals surface area contributed by atoms with Crippen molar-refractivity contribution in [3.63, 3.8) is 0 Å². The van der Waals surface area contributed by atoms with Crippen molar-refractivity contribution in [2.24, 2.45) is 11.8 Å². The highest BCUT2D eigenvalue weighted by atomic mass is 28.3. The van der Waals surface area contributed by atoms with Gasteiger partial charge in [-0.25, -0.2) is 0 Å². The fourth-order valence-corrected chi connectivity index (χ4v) is 1.82. The standard InChI is InChI=1S/C12H24OSi/c1-10(2)12(13,11(3)4)8-9-14(5,6)7/h10-11,13H,1-7H3. The SMILES string of the molecule is CC(C)C(O)(C#C[Si](C)(C)C)C(C)C. The van der Waals surface area contributed by atoms with Crippen LogP contribution >= 0.6 is 0 Å². The maximum absolute atomic E-state index is 10.4. The van der Waals surface area contributed by atoms with Crippen LogP contribution in [0.3, 0.4) is 0 Å². The average Bonchev–Trinajstić information content (AvgIpc) is 1.97. The first-order valence-corrected chi connectivity index (χ1v) is 8.86. The summed E-state index contributed by atoms with van der Waals surface area (Å²) in [6, 6.07) is 0. The van der Waals surface area contributed by atoms with Crippen LogP contribution in [-0.4, -0.2) is 18.8 Å². The molecule has 0 aromatic heterocycles. The summed E-state index contributed by atoms with van der Waals surface area (Å²) >= 11 is 0. The lowest BCUT2D eigenvalue weighted by molar-refractivity contribution is 0.00937. The van der Waals surface area contributed by atoms with Gasteiger partial charge in [-0.3, -0.25) is 0 Å². The smallest absolute Gasteiger partial charge is 0.129 e. The zero-order chi connectivity index (χ0) is 11.6. The van der Waals surface area contributed by atoms with Crippen LogP contribution in [0, 0.1) is 23.3 Å². The Morgan fingerprint density at radius 3 is 1.57 bits per heavy atom. The lowest BCUT2D eigenvalue weighted by Crippen LogP contribution is -2.39. The summed E-state index contributed by atoms with van der Waals surface area (Å²) in [5.74, 6) is 3.48. The average molecular weight is 212 g/mol. The molecule has 0 saturated heterocycles. The summed E-state index contributed by atoms with van der Waals surface area (Å²) in [7, 11) is -1.38. The second-order valence-corrected chi connectivity index (χ2v) is 10.4. The molecule has 0 unspecified atom stereocenters. The minimum Gasteiger partial charge on any atom is -0.377 e. The molecule has 2 heteroatoms. The fraction of sp³-hybridized carbons (Fsp3) is 0.833. The first kappa shape index (κ1) is 13.7. The van der Waals surface area contributed by atoms with Gasteiger partial charge in [-0.05, 0) is 11.8 Å². The number of hydrogen-bond donors (Lipinski definition) is 1. The van der Waals surface area contributed by atoms with Crippen LogP contribution in [0.1, 0.15) is 27.7 Å². The lowest BCUT2D eigenvalue weighted by Gasteiger charge is -2.31. The molecule has 1 N–H and O–H groups in total. The Morgan fingerprint density at radius 2 is 1.36 bits per heavy atom.